The molecule has 1 aromatic carbocycles. The maximum Gasteiger partial charge on any atom is 0.141 e. The quantitative estimate of drug-likeness (QED) is 0.639. The van der Waals surface area contributed by atoms with Gasteiger partial charge in [0.25, 0.3) is 0 Å². The molecule has 21 heavy (non-hydrogen) atoms. The molecule has 1 unspecified atom stereocenters. The lowest BCUT2D eigenvalue weighted by molar-refractivity contribution is 0.175. The average molecular weight is 281 g/mol. The second-order valence-electron chi connectivity index (χ2n) is 4.98. The fourth-order valence-electron chi connectivity index (χ4n) is 2.09. The molecule has 0 saturated carbocycles. The average Bonchev–Trinajstić information content (AvgIpc) is 2.51. The minimum absolute atomic E-state index is 0.320. The molecule has 0 fully saturated rings. The molecular weight excluding hydrogens is 262 g/mol. The highest BCUT2D eigenvalue weighted by molar-refractivity contribution is 5.37. The first-order valence-electron chi connectivity index (χ1n) is 6.83. The number of nitriles is 1. The lowest BCUT2D eigenvalue weighted by Gasteiger charge is -2.19. The first-order valence-corrected chi connectivity index (χ1v) is 6.83. The predicted molar refractivity (Wildman–Crippen MR) is 82.8 cm³/mol. The van der Waals surface area contributed by atoms with Crippen LogP contribution < -0.4 is 5.32 Å². The van der Waals surface area contributed by atoms with Gasteiger partial charge in [0.2, 0.25) is 0 Å². The van der Waals surface area contributed by atoms with Crippen molar-refractivity contribution >= 4 is 0 Å². The molecule has 1 heterocycles. The molecule has 2 rings (SSSR count). The van der Waals surface area contributed by atoms with E-state index in [1.807, 2.05) is 60.6 Å². The Morgan fingerprint density at radius 3 is 2.90 bits per heavy atom. The number of nitrogens with zero attached hydrogens (tertiary/aromatic N) is 2. The Hall–Kier alpha value is -2.35. The van der Waals surface area contributed by atoms with Gasteiger partial charge in [-0.2, -0.15) is 5.26 Å². The van der Waals surface area contributed by atoms with E-state index in [1.165, 1.54) is 0 Å². The number of allylic oxidation sites excluding steroid dienone is 2. The maximum absolute atomic E-state index is 10.1. The summed E-state index contributed by atoms with van der Waals surface area (Å²) in [4.78, 5) is 2.02. The third kappa shape index (κ3) is 4.60. The summed E-state index contributed by atoms with van der Waals surface area (Å²) in [5.74, 6) is 0. The van der Waals surface area contributed by atoms with Crippen LogP contribution in [0, 0.1) is 11.3 Å². The zero-order chi connectivity index (χ0) is 15.1. The lowest BCUT2D eigenvalue weighted by Crippen LogP contribution is -2.30. The normalized spacial score (nSPS) is 16.3. The third-order valence-corrected chi connectivity index (χ3v) is 3.19. The van der Waals surface area contributed by atoms with E-state index in [0.717, 1.165) is 17.7 Å². The molecule has 0 amide bonds. The highest BCUT2D eigenvalue weighted by atomic mass is 16.3. The summed E-state index contributed by atoms with van der Waals surface area (Å²) >= 11 is 0. The van der Waals surface area contributed by atoms with Gasteiger partial charge >= 0.3 is 0 Å². The molecule has 1 aliphatic rings. The van der Waals surface area contributed by atoms with Crippen LogP contribution >= 0.6 is 0 Å². The fourth-order valence-corrected chi connectivity index (χ4v) is 2.09. The van der Waals surface area contributed by atoms with E-state index in [0.29, 0.717) is 12.1 Å². The monoisotopic (exact) mass is 281 g/mol. The number of benzene rings is 1. The van der Waals surface area contributed by atoms with Crippen molar-refractivity contribution in [2.45, 2.75) is 12.8 Å². The van der Waals surface area contributed by atoms with Gasteiger partial charge in [-0.15, -0.1) is 0 Å². The van der Waals surface area contributed by atoms with E-state index in [4.69, 9.17) is 0 Å². The Morgan fingerprint density at radius 1 is 1.48 bits per heavy atom. The van der Waals surface area contributed by atoms with Gasteiger partial charge in [0.1, 0.15) is 6.23 Å². The highest BCUT2D eigenvalue weighted by Crippen LogP contribution is 2.11. The van der Waals surface area contributed by atoms with E-state index < -0.39 is 6.23 Å². The Balaban J connectivity index is 1.99. The molecule has 1 atom stereocenters. The first-order chi connectivity index (χ1) is 10.2. The minimum Gasteiger partial charge on any atom is -0.376 e. The number of nitrogens with one attached hydrogen (secondary N) is 1. The zero-order valence-electron chi connectivity index (χ0n) is 12.0. The number of aliphatic hydroxyl groups is 1. The zero-order valence-corrected chi connectivity index (χ0v) is 12.0. The van der Waals surface area contributed by atoms with Gasteiger partial charge in [-0.25, -0.2) is 0 Å². The van der Waals surface area contributed by atoms with Crippen LogP contribution in [0.1, 0.15) is 5.56 Å². The van der Waals surface area contributed by atoms with Gasteiger partial charge in [0.05, 0.1) is 11.6 Å². The molecule has 0 spiro atoms. The summed E-state index contributed by atoms with van der Waals surface area (Å²) in [6, 6.07) is 11.8. The molecule has 4 nitrogen and oxygen atoms in total. The van der Waals surface area contributed by atoms with Crippen molar-refractivity contribution in [3.8, 4) is 6.07 Å². The third-order valence-electron chi connectivity index (χ3n) is 3.19. The number of aliphatic hydroxyl groups excluding tert-OH is 1. The summed E-state index contributed by atoms with van der Waals surface area (Å²) in [5, 5.41) is 22.3. The van der Waals surface area contributed by atoms with Crippen molar-refractivity contribution in [1.29, 1.82) is 5.26 Å². The summed E-state index contributed by atoms with van der Waals surface area (Å²) in [7, 11) is 1.97. The molecule has 1 aliphatic heterocycles. The van der Waals surface area contributed by atoms with E-state index in [-0.39, 0.29) is 0 Å². The van der Waals surface area contributed by atoms with Gasteiger partial charge < -0.3 is 10.0 Å². The molecule has 0 radical (unpaired) electrons. The van der Waals surface area contributed by atoms with Crippen molar-refractivity contribution in [3.63, 3.8) is 0 Å². The maximum atomic E-state index is 10.1. The largest absolute Gasteiger partial charge is 0.376 e. The van der Waals surface area contributed by atoms with E-state index in [2.05, 4.69) is 11.4 Å². The molecule has 2 N–H and O–H groups in total. The van der Waals surface area contributed by atoms with Gasteiger partial charge in [0.15, 0.2) is 0 Å². The van der Waals surface area contributed by atoms with Crippen LogP contribution in [-0.2, 0) is 6.54 Å². The van der Waals surface area contributed by atoms with Gasteiger partial charge in [-0.3, -0.25) is 5.32 Å². The molecule has 0 aliphatic carbocycles. The van der Waals surface area contributed by atoms with Crippen LogP contribution in [0.15, 0.2) is 65.9 Å². The summed E-state index contributed by atoms with van der Waals surface area (Å²) in [5.41, 5.74) is 2.38. The van der Waals surface area contributed by atoms with Crippen LogP contribution in [0.3, 0.4) is 0 Å². The number of likely N-dealkylation sites (N-methyl/N-ethyl adjacent to an activating group) is 1. The standard InChI is InChI=1S/C17H19N3O/c1-20-9-5-8-15(13-20)10-16(11-18)17(21)19-12-14-6-3-2-4-7-14/h2-10,17,19,21H,12-13H2,1H3/b16-10+. The highest BCUT2D eigenvalue weighted by Gasteiger charge is 2.11. The van der Waals surface area contributed by atoms with E-state index >= 15 is 0 Å². The van der Waals surface area contributed by atoms with Gasteiger partial charge in [-0.05, 0) is 29.5 Å². The first kappa shape index (κ1) is 15.0. The number of rotatable bonds is 5. The van der Waals surface area contributed by atoms with E-state index in [1.54, 1.807) is 6.08 Å². The fraction of sp³-hybridized carbons (Fsp3) is 0.235. The Bertz CT molecular complexity index is 596. The van der Waals surface area contributed by atoms with Crippen molar-refractivity contribution in [2.75, 3.05) is 13.6 Å². The van der Waals surface area contributed by atoms with Crippen molar-refractivity contribution in [2.24, 2.45) is 0 Å². The van der Waals surface area contributed by atoms with Crippen molar-refractivity contribution < 1.29 is 5.11 Å². The number of hydrogen-bond acceptors (Lipinski definition) is 4. The summed E-state index contributed by atoms with van der Waals surface area (Å²) < 4.78 is 0. The van der Waals surface area contributed by atoms with Crippen LogP contribution in [0.25, 0.3) is 0 Å². The molecule has 4 heteroatoms. The van der Waals surface area contributed by atoms with Crippen LogP contribution in [0.5, 0.6) is 0 Å². The van der Waals surface area contributed by atoms with E-state index in [9.17, 15) is 10.4 Å². The van der Waals surface area contributed by atoms with Crippen LogP contribution in [0.4, 0.5) is 0 Å². The Labute approximate surface area is 125 Å². The molecule has 0 saturated heterocycles. The molecule has 0 aromatic heterocycles. The molecule has 0 bridgehead atoms. The van der Waals surface area contributed by atoms with Crippen LogP contribution in [0.2, 0.25) is 0 Å². The predicted octanol–water partition coefficient (Wildman–Crippen LogP) is 1.93. The topological polar surface area (TPSA) is 59.3 Å². The molecule has 1 aromatic rings. The SMILES string of the molecule is CN1C=CC=C(/C=C(\C#N)C(O)NCc2ccccc2)C1. The second kappa shape index (κ2) is 7.44. The molecule has 108 valence electrons. The smallest absolute Gasteiger partial charge is 0.141 e. The summed E-state index contributed by atoms with van der Waals surface area (Å²) in [6.45, 7) is 1.24. The summed E-state index contributed by atoms with van der Waals surface area (Å²) in [6.07, 6.45) is 6.61. The van der Waals surface area contributed by atoms with Gasteiger partial charge in [-0.1, -0.05) is 36.4 Å². The Kier molecular flexibility index (Phi) is 5.33. The Morgan fingerprint density at radius 2 is 2.24 bits per heavy atom. The molecular formula is C17H19N3O. The lowest BCUT2D eigenvalue weighted by atomic mass is 10.1. The number of hydrogen-bond donors (Lipinski definition) is 2. The van der Waals surface area contributed by atoms with Crippen molar-refractivity contribution in [3.05, 3.63) is 71.5 Å². The van der Waals surface area contributed by atoms with Crippen LogP contribution in [-0.4, -0.2) is 29.8 Å². The van der Waals surface area contributed by atoms with Gasteiger partial charge in [0, 0.05) is 20.1 Å². The second-order valence-corrected chi connectivity index (χ2v) is 4.98. The minimum atomic E-state index is -0.965. The van der Waals surface area contributed by atoms with Crippen molar-refractivity contribution in [1.82, 2.24) is 10.2 Å².